The van der Waals surface area contributed by atoms with Gasteiger partial charge in [-0.3, -0.25) is 0 Å². The highest BCUT2D eigenvalue weighted by Crippen LogP contribution is 2.24. The molecule has 0 saturated carbocycles. The van der Waals surface area contributed by atoms with Gasteiger partial charge >= 0.3 is 17.9 Å². The maximum Gasteiger partial charge on any atom is 0.373 e. The Balaban J connectivity index is 2.51. The smallest absolute Gasteiger partial charge is 0.373 e. The van der Waals surface area contributed by atoms with Crippen LogP contribution in [0.15, 0.2) is 11.6 Å². The average molecular weight is 314 g/mol. The quantitative estimate of drug-likeness (QED) is 0.500. The van der Waals surface area contributed by atoms with Gasteiger partial charge in [-0.1, -0.05) is 33.1 Å². The van der Waals surface area contributed by atoms with Gasteiger partial charge in [0.2, 0.25) is 0 Å². The Kier molecular flexibility index (Phi) is 7.55. The number of carbonyl (C=O) groups is 2. The molecule has 0 fully saturated rings. The Hall–Kier alpha value is -1.40. The maximum absolute atomic E-state index is 12.0. The van der Waals surface area contributed by atoms with E-state index in [1.54, 1.807) is 0 Å². The number of aliphatic hydroxyl groups excluding tert-OH is 1. The van der Waals surface area contributed by atoms with E-state index in [9.17, 15) is 14.7 Å². The zero-order chi connectivity index (χ0) is 16.6. The second-order valence-electron chi connectivity index (χ2n) is 6.01. The molecule has 0 aromatic heterocycles. The van der Waals surface area contributed by atoms with Crippen LogP contribution in [0.2, 0.25) is 0 Å². The average Bonchev–Trinajstić information content (AvgIpc) is 2.52. The molecule has 126 valence electrons. The minimum Gasteiger partial charge on any atom is -0.396 e. The molecular formula is C16H26O6. The van der Waals surface area contributed by atoms with Gasteiger partial charge in [0, 0.05) is 18.3 Å². The molecule has 0 spiro atoms. The lowest BCUT2D eigenvalue weighted by atomic mass is 10.0. The molecule has 6 nitrogen and oxygen atoms in total. The van der Waals surface area contributed by atoms with Crippen molar-refractivity contribution in [2.45, 2.75) is 64.8 Å². The molecule has 0 aromatic carbocycles. The fourth-order valence-corrected chi connectivity index (χ4v) is 2.24. The SMILES string of the molecule is CC(C)CCCCCC1=CC(=O)OC(O)(CCCO)OC1=O. The van der Waals surface area contributed by atoms with Crippen molar-refractivity contribution in [3.05, 3.63) is 11.6 Å². The summed E-state index contributed by atoms with van der Waals surface area (Å²) in [5.74, 6) is -3.18. The summed E-state index contributed by atoms with van der Waals surface area (Å²) < 4.78 is 9.62. The van der Waals surface area contributed by atoms with Gasteiger partial charge in [0.1, 0.15) is 0 Å². The van der Waals surface area contributed by atoms with Crippen LogP contribution in [-0.4, -0.2) is 34.7 Å². The molecule has 0 bridgehead atoms. The molecule has 22 heavy (non-hydrogen) atoms. The molecule has 2 N–H and O–H groups in total. The molecule has 1 atom stereocenters. The Labute approximate surface area is 131 Å². The molecular weight excluding hydrogens is 288 g/mol. The second kappa shape index (κ2) is 8.90. The maximum atomic E-state index is 12.0. The Morgan fingerprint density at radius 3 is 2.50 bits per heavy atom. The van der Waals surface area contributed by atoms with Gasteiger partial charge in [0.05, 0.1) is 6.42 Å². The summed E-state index contributed by atoms with van der Waals surface area (Å²) in [6.07, 6.45) is 5.45. The Morgan fingerprint density at radius 2 is 1.86 bits per heavy atom. The zero-order valence-electron chi connectivity index (χ0n) is 13.3. The molecule has 0 aromatic rings. The first-order valence-corrected chi connectivity index (χ1v) is 7.86. The standard InChI is InChI=1S/C16H26O6/c1-12(2)7-4-3-5-8-13-11-14(18)21-16(20,9-6-10-17)22-15(13)19/h11-12,17,20H,3-10H2,1-2H3. The number of esters is 2. The molecule has 0 amide bonds. The van der Waals surface area contributed by atoms with Crippen LogP contribution in [0.1, 0.15) is 58.8 Å². The van der Waals surface area contributed by atoms with Crippen molar-refractivity contribution in [1.82, 2.24) is 0 Å². The lowest BCUT2D eigenvalue weighted by Gasteiger charge is -2.24. The van der Waals surface area contributed by atoms with E-state index in [1.807, 2.05) is 0 Å². The fraction of sp³-hybridized carbons (Fsp3) is 0.750. The first-order valence-electron chi connectivity index (χ1n) is 7.86. The van der Waals surface area contributed by atoms with Gasteiger partial charge in [0.25, 0.3) is 0 Å². The summed E-state index contributed by atoms with van der Waals surface area (Å²) in [5.41, 5.74) is 0.217. The summed E-state index contributed by atoms with van der Waals surface area (Å²) in [6, 6.07) is 0. The molecule has 0 saturated heterocycles. The lowest BCUT2D eigenvalue weighted by molar-refractivity contribution is -0.323. The van der Waals surface area contributed by atoms with E-state index in [1.165, 1.54) is 0 Å². The third-order valence-electron chi connectivity index (χ3n) is 3.44. The number of cyclic esters (lactones) is 2. The van der Waals surface area contributed by atoms with Crippen LogP contribution >= 0.6 is 0 Å². The summed E-state index contributed by atoms with van der Waals surface area (Å²) in [4.78, 5) is 23.6. The Morgan fingerprint density at radius 1 is 1.14 bits per heavy atom. The number of aliphatic hydroxyl groups is 2. The van der Waals surface area contributed by atoms with Crippen molar-refractivity contribution in [2.24, 2.45) is 5.92 Å². The van der Waals surface area contributed by atoms with Crippen molar-refractivity contribution >= 4 is 11.9 Å². The van der Waals surface area contributed by atoms with Crippen LogP contribution in [0, 0.1) is 5.92 Å². The van der Waals surface area contributed by atoms with Crippen LogP contribution in [0.25, 0.3) is 0 Å². The zero-order valence-corrected chi connectivity index (χ0v) is 13.3. The van der Waals surface area contributed by atoms with Gasteiger partial charge in [0.15, 0.2) is 0 Å². The van der Waals surface area contributed by atoms with Crippen molar-refractivity contribution in [1.29, 1.82) is 0 Å². The monoisotopic (exact) mass is 314 g/mol. The largest absolute Gasteiger partial charge is 0.396 e. The predicted molar refractivity (Wildman–Crippen MR) is 79.5 cm³/mol. The first kappa shape index (κ1) is 18.6. The molecule has 1 aliphatic rings. The topological polar surface area (TPSA) is 93.1 Å². The van der Waals surface area contributed by atoms with E-state index in [2.05, 4.69) is 13.8 Å². The first-order chi connectivity index (χ1) is 10.4. The summed E-state index contributed by atoms with van der Waals surface area (Å²) >= 11 is 0. The van der Waals surface area contributed by atoms with Gasteiger partial charge in [-0.15, -0.1) is 0 Å². The summed E-state index contributed by atoms with van der Waals surface area (Å²) in [5, 5.41) is 18.7. The van der Waals surface area contributed by atoms with Gasteiger partial charge in [-0.2, -0.15) is 0 Å². The van der Waals surface area contributed by atoms with E-state index in [-0.39, 0.29) is 25.0 Å². The van der Waals surface area contributed by atoms with Crippen LogP contribution in [-0.2, 0) is 19.1 Å². The van der Waals surface area contributed by atoms with Crippen molar-refractivity contribution in [3.63, 3.8) is 0 Å². The van der Waals surface area contributed by atoms with Crippen LogP contribution in [0.4, 0.5) is 0 Å². The highest BCUT2D eigenvalue weighted by Gasteiger charge is 2.39. The third-order valence-corrected chi connectivity index (χ3v) is 3.44. The number of hydrogen-bond acceptors (Lipinski definition) is 6. The summed E-state index contributed by atoms with van der Waals surface area (Å²) in [7, 11) is 0. The van der Waals surface area contributed by atoms with Gasteiger partial charge in [-0.05, 0) is 25.2 Å². The molecule has 1 unspecified atom stereocenters. The molecule has 0 aliphatic carbocycles. The van der Waals surface area contributed by atoms with E-state index < -0.39 is 17.9 Å². The number of rotatable bonds is 9. The van der Waals surface area contributed by atoms with E-state index in [0.29, 0.717) is 12.3 Å². The van der Waals surface area contributed by atoms with Crippen molar-refractivity contribution in [3.8, 4) is 0 Å². The highest BCUT2D eigenvalue weighted by atomic mass is 16.8. The van der Waals surface area contributed by atoms with E-state index >= 15 is 0 Å². The molecule has 1 aliphatic heterocycles. The second-order valence-corrected chi connectivity index (χ2v) is 6.01. The number of carbonyl (C=O) groups excluding carboxylic acids is 2. The molecule has 0 radical (unpaired) electrons. The minimum atomic E-state index is -2.28. The third kappa shape index (κ3) is 6.58. The number of unbranched alkanes of at least 4 members (excludes halogenated alkanes) is 2. The van der Waals surface area contributed by atoms with Crippen molar-refractivity contribution in [2.75, 3.05) is 6.61 Å². The molecule has 6 heteroatoms. The molecule has 1 heterocycles. The van der Waals surface area contributed by atoms with Crippen LogP contribution in [0.5, 0.6) is 0 Å². The lowest BCUT2D eigenvalue weighted by Crippen LogP contribution is -2.38. The van der Waals surface area contributed by atoms with Crippen LogP contribution in [0.3, 0.4) is 0 Å². The van der Waals surface area contributed by atoms with E-state index in [0.717, 1.165) is 31.8 Å². The van der Waals surface area contributed by atoms with E-state index in [4.69, 9.17) is 14.6 Å². The fourth-order valence-electron chi connectivity index (χ4n) is 2.24. The van der Waals surface area contributed by atoms with Gasteiger partial charge < -0.3 is 19.7 Å². The normalized spacial score (nSPS) is 22.1. The number of hydrogen-bond donors (Lipinski definition) is 2. The van der Waals surface area contributed by atoms with Gasteiger partial charge in [-0.25, -0.2) is 9.59 Å². The van der Waals surface area contributed by atoms with Crippen molar-refractivity contribution < 1.29 is 29.3 Å². The summed E-state index contributed by atoms with van der Waals surface area (Å²) in [6.45, 7) is 4.12. The van der Waals surface area contributed by atoms with Crippen LogP contribution < -0.4 is 0 Å². The number of ether oxygens (including phenoxy) is 2. The Bertz CT molecular complexity index is 415. The minimum absolute atomic E-state index is 0.154. The predicted octanol–water partition coefficient (Wildman–Crippen LogP) is 2.04. The highest BCUT2D eigenvalue weighted by molar-refractivity contribution is 5.97. The molecule has 1 rings (SSSR count).